The summed E-state index contributed by atoms with van der Waals surface area (Å²) in [6.07, 6.45) is 8.12. The van der Waals surface area contributed by atoms with Crippen LogP contribution < -0.4 is 11.3 Å². The van der Waals surface area contributed by atoms with Crippen molar-refractivity contribution in [2.45, 2.75) is 43.1 Å². The van der Waals surface area contributed by atoms with E-state index < -0.39 is 0 Å². The Morgan fingerprint density at radius 1 is 1.47 bits per heavy atom. The summed E-state index contributed by atoms with van der Waals surface area (Å²) in [6.45, 7) is 0. The van der Waals surface area contributed by atoms with Gasteiger partial charge in [-0.25, -0.2) is 5.84 Å². The molecular formula is C12H18N2O2S. The molecule has 1 aromatic heterocycles. The Labute approximate surface area is 105 Å². The monoisotopic (exact) mass is 254 g/mol. The number of nitrogen functional groups attached to an aromatic ring is 1. The van der Waals surface area contributed by atoms with E-state index in [1.165, 1.54) is 32.1 Å². The zero-order valence-electron chi connectivity index (χ0n) is 9.78. The summed E-state index contributed by atoms with van der Waals surface area (Å²) in [6, 6.07) is 1.67. The summed E-state index contributed by atoms with van der Waals surface area (Å²) in [5, 5.41) is 0.711. The number of nitrogens with two attached hydrogens (primary N) is 1. The summed E-state index contributed by atoms with van der Waals surface area (Å²) < 4.78 is 5.34. The van der Waals surface area contributed by atoms with Crippen molar-refractivity contribution in [1.29, 1.82) is 0 Å². The van der Waals surface area contributed by atoms with Crippen molar-refractivity contribution in [3.05, 3.63) is 23.7 Å². The summed E-state index contributed by atoms with van der Waals surface area (Å²) in [7, 11) is 0. The quantitative estimate of drug-likeness (QED) is 0.492. The van der Waals surface area contributed by atoms with Gasteiger partial charge in [0.2, 0.25) is 0 Å². The molecule has 1 amide bonds. The molecule has 0 spiro atoms. The van der Waals surface area contributed by atoms with Crippen LogP contribution in [-0.4, -0.2) is 11.2 Å². The lowest BCUT2D eigenvalue weighted by Gasteiger charge is -2.20. The number of furan rings is 1. The summed E-state index contributed by atoms with van der Waals surface area (Å²) in [5.41, 5.74) is 2.69. The van der Waals surface area contributed by atoms with Crippen molar-refractivity contribution in [1.82, 2.24) is 5.43 Å². The van der Waals surface area contributed by atoms with Crippen LogP contribution in [0.5, 0.6) is 0 Å². The molecule has 2 rings (SSSR count). The van der Waals surface area contributed by atoms with Gasteiger partial charge in [-0.05, 0) is 18.9 Å². The highest BCUT2D eigenvalue weighted by atomic mass is 32.2. The van der Waals surface area contributed by atoms with E-state index in [9.17, 15) is 4.79 Å². The second kappa shape index (κ2) is 6.12. The van der Waals surface area contributed by atoms with Gasteiger partial charge in [0.15, 0.2) is 0 Å². The lowest BCUT2D eigenvalue weighted by Crippen LogP contribution is -2.30. The molecule has 1 aromatic rings. The molecule has 0 unspecified atom stereocenters. The average molecular weight is 254 g/mol. The third-order valence-electron chi connectivity index (χ3n) is 3.12. The molecule has 94 valence electrons. The fraction of sp³-hybridized carbons (Fsp3) is 0.583. The lowest BCUT2D eigenvalue weighted by atomic mass is 10.0. The Balaban J connectivity index is 1.89. The lowest BCUT2D eigenvalue weighted by molar-refractivity contribution is 0.0952. The molecule has 3 N–H and O–H groups in total. The van der Waals surface area contributed by atoms with Gasteiger partial charge in [0, 0.05) is 5.25 Å². The molecule has 0 atom stereocenters. The average Bonchev–Trinajstić information content (AvgIpc) is 2.85. The van der Waals surface area contributed by atoms with E-state index in [-0.39, 0.29) is 5.91 Å². The van der Waals surface area contributed by atoms with Crippen LogP contribution >= 0.6 is 11.8 Å². The normalized spacial score (nSPS) is 17.0. The molecule has 0 saturated heterocycles. The first-order valence-corrected chi connectivity index (χ1v) is 7.05. The largest absolute Gasteiger partial charge is 0.468 e. The van der Waals surface area contributed by atoms with Crippen molar-refractivity contribution in [2.24, 2.45) is 5.84 Å². The molecule has 1 aliphatic rings. The zero-order valence-corrected chi connectivity index (χ0v) is 10.6. The third-order valence-corrected chi connectivity index (χ3v) is 4.50. The number of amides is 1. The number of carbonyl (C=O) groups is 1. The van der Waals surface area contributed by atoms with Gasteiger partial charge in [0.1, 0.15) is 5.76 Å². The van der Waals surface area contributed by atoms with Crippen molar-refractivity contribution in [2.75, 3.05) is 0 Å². The molecule has 1 heterocycles. The van der Waals surface area contributed by atoms with Crippen molar-refractivity contribution in [3.8, 4) is 0 Å². The maximum atomic E-state index is 11.4. The van der Waals surface area contributed by atoms with Crippen LogP contribution in [0.15, 0.2) is 16.7 Å². The van der Waals surface area contributed by atoms with Crippen LogP contribution in [0, 0.1) is 0 Å². The number of hydrogen-bond donors (Lipinski definition) is 2. The first-order valence-electron chi connectivity index (χ1n) is 6.00. The van der Waals surface area contributed by atoms with Crippen LogP contribution in [0.2, 0.25) is 0 Å². The smallest absolute Gasteiger partial charge is 0.268 e. The molecule has 1 fully saturated rings. The van der Waals surface area contributed by atoms with Crippen LogP contribution in [0.3, 0.4) is 0 Å². The van der Waals surface area contributed by atoms with Crippen LogP contribution in [0.4, 0.5) is 0 Å². The van der Waals surface area contributed by atoms with Crippen molar-refractivity contribution < 1.29 is 9.21 Å². The van der Waals surface area contributed by atoms with Gasteiger partial charge in [0.05, 0.1) is 17.6 Å². The standard InChI is InChI=1S/C12H18N2O2S/c13-14-12(15)10-6-7-16-11(10)8-17-9-4-2-1-3-5-9/h6-7,9H,1-5,8,13H2,(H,14,15). The Kier molecular flexibility index (Phi) is 4.50. The highest BCUT2D eigenvalue weighted by molar-refractivity contribution is 7.99. The van der Waals surface area contributed by atoms with E-state index >= 15 is 0 Å². The first kappa shape index (κ1) is 12.5. The topological polar surface area (TPSA) is 68.3 Å². The maximum Gasteiger partial charge on any atom is 0.268 e. The number of carbonyl (C=O) groups excluding carboxylic acids is 1. The molecule has 0 bridgehead atoms. The predicted octanol–water partition coefficient (Wildman–Crippen LogP) is 2.45. The van der Waals surface area contributed by atoms with E-state index in [1.807, 2.05) is 11.8 Å². The van der Waals surface area contributed by atoms with Gasteiger partial charge in [0.25, 0.3) is 5.91 Å². The van der Waals surface area contributed by atoms with E-state index in [4.69, 9.17) is 10.3 Å². The number of hydrazine groups is 1. The molecule has 1 saturated carbocycles. The maximum absolute atomic E-state index is 11.4. The molecule has 0 aliphatic heterocycles. The van der Waals surface area contributed by atoms with Gasteiger partial charge in [-0.15, -0.1) is 0 Å². The molecular weight excluding hydrogens is 236 g/mol. The van der Waals surface area contributed by atoms with Crippen LogP contribution in [-0.2, 0) is 5.75 Å². The second-order valence-electron chi connectivity index (χ2n) is 4.30. The van der Waals surface area contributed by atoms with Gasteiger partial charge in [-0.2, -0.15) is 11.8 Å². The highest BCUT2D eigenvalue weighted by Gasteiger charge is 2.17. The fourth-order valence-corrected chi connectivity index (χ4v) is 3.44. The van der Waals surface area contributed by atoms with Gasteiger partial charge in [-0.3, -0.25) is 10.2 Å². The zero-order chi connectivity index (χ0) is 12.1. The Morgan fingerprint density at radius 2 is 2.24 bits per heavy atom. The molecule has 1 aliphatic carbocycles. The minimum atomic E-state index is -0.280. The Morgan fingerprint density at radius 3 is 2.94 bits per heavy atom. The number of hydrogen-bond acceptors (Lipinski definition) is 4. The highest BCUT2D eigenvalue weighted by Crippen LogP contribution is 2.31. The minimum absolute atomic E-state index is 0.280. The summed E-state index contributed by atoms with van der Waals surface area (Å²) >= 11 is 1.88. The SMILES string of the molecule is NNC(=O)c1ccoc1CSC1CCCCC1. The van der Waals surface area contributed by atoms with E-state index in [1.54, 1.807) is 12.3 Å². The van der Waals surface area contributed by atoms with E-state index in [0.29, 0.717) is 10.8 Å². The van der Waals surface area contributed by atoms with Crippen molar-refractivity contribution >= 4 is 17.7 Å². The summed E-state index contributed by atoms with van der Waals surface area (Å²) in [4.78, 5) is 11.4. The Bertz CT molecular complexity index is 372. The number of thioether (sulfide) groups is 1. The van der Waals surface area contributed by atoms with E-state index in [0.717, 1.165) is 11.5 Å². The first-order chi connectivity index (χ1) is 8.31. The molecule has 4 nitrogen and oxygen atoms in total. The summed E-state index contributed by atoms with van der Waals surface area (Å²) in [5.74, 6) is 6.32. The predicted molar refractivity (Wildman–Crippen MR) is 68.5 cm³/mol. The van der Waals surface area contributed by atoms with Gasteiger partial charge in [-0.1, -0.05) is 19.3 Å². The second-order valence-corrected chi connectivity index (χ2v) is 5.59. The minimum Gasteiger partial charge on any atom is -0.468 e. The number of rotatable bonds is 4. The third kappa shape index (κ3) is 3.26. The van der Waals surface area contributed by atoms with Gasteiger partial charge < -0.3 is 4.42 Å². The number of nitrogens with one attached hydrogen (secondary N) is 1. The van der Waals surface area contributed by atoms with Crippen LogP contribution in [0.1, 0.15) is 48.2 Å². The molecule has 0 aromatic carbocycles. The molecule has 5 heteroatoms. The molecule has 0 radical (unpaired) electrons. The molecule has 17 heavy (non-hydrogen) atoms. The van der Waals surface area contributed by atoms with Crippen molar-refractivity contribution in [3.63, 3.8) is 0 Å². The van der Waals surface area contributed by atoms with E-state index in [2.05, 4.69) is 5.43 Å². The van der Waals surface area contributed by atoms with Gasteiger partial charge >= 0.3 is 0 Å². The fourth-order valence-electron chi connectivity index (χ4n) is 2.16. The van der Waals surface area contributed by atoms with Crippen LogP contribution in [0.25, 0.3) is 0 Å². The Hall–Kier alpha value is -0.940.